The van der Waals surface area contributed by atoms with Crippen molar-refractivity contribution in [3.05, 3.63) is 0 Å². The van der Waals surface area contributed by atoms with Gasteiger partial charge >= 0.3 is 6.09 Å². The minimum atomic E-state index is -0.510. The van der Waals surface area contributed by atoms with Crippen LogP contribution in [0.4, 0.5) is 4.79 Å². The maximum Gasteiger partial charge on any atom is 0.407 e. The first-order valence-electron chi connectivity index (χ1n) is 16.8. The molecule has 0 atom stereocenters. The largest absolute Gasteiger partial charge is 0.444 e. The van der Waals surface area contributed by atoms with Crippen LogP contribution in [0.1, 0.15) is 47.0 Å². The van der Waals surface area contributed by atoms with Gasteiger partial charge in [-0.05, 0) is 27.2 Å². The van der Waals surface area contributed by atoms with E-state index in [1.54, 1.807) is 0 Å². The Labute approximate surface area is 277 Å². The van der Waals surface area contributed by atoms with Gasteiger partial charge in [0.2, 0.25) is 0 Å². The molecule has 0 aromatic heterocycles. The Morgan fingerprint density at radius 3 is 0.935 bits per heavy atom. The highest BCUT2D eigenvalue weighted by Gasteiger charge is 2.15. The van der Waals surface area contributed by atoms with Gasteiger partial charge in [0.1, 0.15) is 5.60 Å². The third kappa shape index (κ3) is 40.9. The monoisotopic (exact) mass is 671 g/mol. The fraction of sp³-hybridized carbons (Fsp3) is 0.969. The van der Waals surface area contributed by atoms with Gasteiger partial charge < -0.3 is 62.2 Å². The van der Waals surface area contributed by atoms with Crippen LogP contribution < -0.4 is 5.32 Å². The van der Waals surface area contributed by atoms with Crippen LogP contribution in [-0.2, 0) is 56.8 Å². The molecule has 276 valence electrons. The van der Waals surface area contributed by atoms with E-state index in [2.05, 4.69) is 12.2 Å². The molecule has 0 saturated carbocycles. The minimum absolute atomic E-state index is 0.384. The molecular formula is C32H65NO13. The van der Waals surface area contributed by atoms with E-state index in [0.717, 1.165) is 13.0 Å². The van der Waals surface area contributed by atoms with Crippen LogP contribution in [-0.4, -0.2) is 164 Å². The quantitative estimate of drug-likeness (QED) is 0.0970. The molecule has 14 nitrogen and oxygen atoms in total. The lowest BCUT2D eigenvalue weighted by molar-refractivity contribution is -0.0275. The molecule has 0 unspecified atom stereocenters. The number of amides is 1. The summed E-state index contributed by atoms with van der Waals surface area (Å²) in [6.07, 6.45) is 3.08. The summed E-state index contributed by atoms with van der Waals surface area (Å²) in [4.78, 5) is 11.5. The topological polar surface area (TPSA) is 140 Å². The Kier molecular flexibility index (Phi) is 35.7. The van der Waals surface area contributed by atoms with E-state index in [-0.39, 0.29) is 0 Å². The average Bonchev–Trinajstić information content (AvgIpc) is 3.01. The molecule has 0 heterocycles. The fourth-order valence-corrected chi connectivity index (χ4v) is 3.29. The van der Waals surface area contributed by atoms with Gasteiger partial charge in [-0.2, -0.15) is 0 Å². The molecule has 0 aromatic carbocycles. The van der Waals surface area contributed by atoms with Crippen molar-refractivity contribution in [2.45, 2.75) is 52.6 Å². The Balaban J connectivity index is 3.09. The van der Waals surface area contributed by atoms with Gasteiger partial charge in [-0.25, -0.2) is 4.79 Å². The van der Waals surface area contributed by atoms with Gasteiger partial charge in [-0.15, -0.1) is 0 Å². The van der Waals surface area contributed by atoms with E-state index < -0.39 is 11.7 Å². The van der Waals surface area contributed by atoms with E-state index in [4.69, 9.17) is 56.8 Å². The van der Waals surface area contributed by atoms with Gasteiger partial charge in [-0.3, -0.25) is 0 Å². The van der Waals surface area contributed by atoms with Crippen LogP contribution in [0.15, 0.2) is 0 Å². The van der Waals surface area contributed by atoms with Gasteiger partial charge in [0, 0.05) is 13.2 Å². The number of carbonyl (C=O) groups is 1. The Hall–Kier alpha value is -1.17. The second kappa shape index (κ2) is 36.7. The molecule has 1 amide bonds. The summed E-state index contributed by atoms with van der Waals surface area (Å²) in [7, 11) is 0. The molecule has 0 bridgehead atoms. The second-order valence-electron chi connectivity index (χ2n) is 10.9. The number of nitrogens with one attached hydrogen (secondary N) is 1. The minimum Gasteiger partial charge on any atom is -0.444 e. The standard InChI is InChI=1S/C32H65NO13/c1-5-6-7-9-35-11-13-37-15-17-39-19-21-41-23-25-43-27-29-45-30-28-44-26-24-42-22-20-40-18-16-38-14-12-36-10-8-33-31(34)46-32(2,3)4/h5-30H2,1-4H3,(H,33,34). The predicted octanol–water partition coefficient (Wildman–Crippen LogP) is 2.88. The Morgan fingerprint density at radius 2 is 0.674 bits per heavy atom. The summed E-state index contributed by atoms with van der Waals surface area (Å²) in [5.74, 6) is 0. The van der Waals surface area contributed by atoms with Crippen molar-refractivity contribution < 1.29 is 61.6 Å². The first-order chi connectivity index (χ1) is 22.5. The molecular weight excluding hydrogens is 606 g/mol. The van der Waals surface area contributed by atoms with Crippen molar-refractivity contribution in [1.29, 1.82) is 0 Å². The molecule has 0 aromatic rings. The second-order valence-corrected chi connectivity index (χ2v) is 10.9. The van der Waals surface area contributed by atoms with E-state index in [1.165, 1.54) is 12.8 Å². The van der Waals surface area contributed by atoms with E-state index in [9.17, 15) is 4.79 Å². The average molecular weight is 672 g/mol. The zero-order chi connectivity index (χ0) is 33.7. The van der Waals surface area contributed by atoms with Crippen LogP contribution >= 0.6 is 0 Å². The van der Waals surface area contributed by atoms with Crippen molar-refractivity contribution in [2.75, 3.05) is 152 Å². The van der Waals surface area contributed by atoms with Crippen LogP contribution in [0.25, 0.3) is 0 Å². The van der Waals surface area contributed by atoms with E-state index >= 15 is 0 Å². The number of alkyl carbamates (subject to hydrolysis) is 1. The molecule has 46 heavy (non-hydrogen) atoms. The maximum atomic E-state index is 11.5. The normalized spacial score (nSPS) is 11.7. The number of unbranched alkanes of at least 4 members (excludes halogenated alkanes) is 2. The van der Waals surface area contributed by atoms with Crippen molar-refractivity contribution in [3.8, 4) is 0 Å². The van der Waals surface area contributed by atoms with Crippen LogP contribution in [0.2, 0.25) is 0 Å². The molecule has 14 heteroatoms. The van der Waals surface area contributed by atoms with Crippen LogP contribution in [0, 0.1) is 0 Å². The molecule has 0 rings (SSSR count). The maximum absolute atomic E-state index is 11.5. The smallest absolute Gasteiger partial charge is 0.407 e. The first kappa shape index (κ1) is 44.8. The fourth-order valence-electron chi connectivity index (χ4n) is 3.29. The molecule has 0 fully saturated rings. The summed E-state index contributed by atoms with van der Waals surface area (Å²) in [6.45, 7) is 19.5. The lowest BCUT2D eigenvalue weighted by Crippen LogP contribution is -2.34. The SMILES string of the molecule is CCCCCOCCOCCOCCOCCOCCOCCOCCOCCOCCOCCOCCNC(=O)OC(C)(C)C. The zero-order valence-electron chi connectivity index (χ0n) is 29.2. The van der Waals surface area contributed by atoms with Crippen LogP contribution in [0.3, 0.4) is 0 Å². The van der Waals surface area contributed by atoms with Gasteiger partial charge in [0.25, 0.3) is 0 Å². The van der Waals surface area contributed by atoms with Crippen molar-refractivity contribution in [2.24, 2.45) is 0 Å². The van der Waals surface area contributed by atoms with Crippen molar-refractivity contribution in [1.82, 2.24) is 5.32 Å². The third-order valence-corrected chi connectivity index (χ3v) is 5.53. The van der Waals surface area contributed by atoms with Crippen molar-refractivity contribution >= 4 is 6.09 Å². The molecule has 0 spiro atoms. The molecule has 0 aliphatic rings. The number of ether oxygens (including phenoxy) is 12. The molecule has 0 aliphatic heterocycles. The Bertz CT molecular complexity index is 611. The number of hydrogen-bond donors (Lipinski definition) is 1. The van der Waals surface area contributed by atoms with Gasteiger partial charge in [-0.1, -0.05) is 19.8 Å². The number of hydrogen-bond acceptors (Lipinski definition) is 13. The van der Waals surface area contributed by atoms with E-state index in [1.807, 2.05) is 20.8 Å². The lowest BCUT2D eigenvalue weighted by atomic mass is 10.2. The molecule has 1 N–H and O–H groups in total. The lowest BCUT2D eigenvalue weighted by Gasteiger charge is -2.19. The first-order valence-corrected chi connectivity index (χ1v) is 16.8. The summed E-state index contributed by atoms with van der Waals surface area (Å²) in [5, 5.41) is 2.63. The zero-order valence-corrected chi connectivity index (χ0v) is 29.2. The number of carbonyl (C=O) groups excluding carboxylic acids is 1. The van der Waals surface area contributed by atoms with Crippen molar-refractivity contribution in [3.63, 3.8) is 0 Å². The molecule has 0 aliphatic carbocycles. The molecule has 0 saturated heterocycles. The highest BCUT2D eigenvalue weighted by molar-refractivity contribution is 5.67. The predicted molar refractivity (Wildman–Crippen MR) is 173 cm³/mol. The highest BCUT2D eigenvalue weighted by Crippen LogP contribution is 2.06. The summed E-state index contributed by atoms with van der Waals surface area (Å²) in [5.41, 5.74) is -0.510. The van der Waals surface area contributed by atoms with E-state index in [0.29, 0.717) is 145 Å². The summed E-state index contributed by atoms with van der Waals surface area (Å²) < 4.78 is 65.2. The molecule has 0 radical (unpaired) electrons. The van der Waals surface area contributed by atoms with Gasteiger partial charge in [0.15, 0.2) is 0 Å². The van der Waals surface area contributed by atoms with Crippen LogP contribution in [0.5, 0.6) is 0 Å². The Morgan fingerprint density at radius 1 is 0.413 bits per heavy atom. The van der Waals surface area contributed by atoms with Gasteiger partial charge in [0.05, 0.1) is 139 Å². The highest BCUT2D eigenvalue weighted by atomic mass is 16.6. The third-order valence-electron chi connectivity index (χ3n) is 5.53. The summed E-state index contributed by atoms with van der Waals surface area (Å²) in [6, 6.07) is 0. The number of rotatable bonds is 37. The summed E-state index contributed by atoms with van der Waals surface area (Å²) >= 11 is 0.